The second-order valence-corrected chi connectivity index (χ2v) is 4.67. The molecule has 3 atom stereocenters. The minimum absolute atomic E-state index is 0.232. The topological polar surface area (TPSA) is 111 Å². The highest BCUT2D eigenvalue weighted by atomic mass is 16.6. The Morgan fingerprint density at radius 1 is 1.60 bits per heavy atom. The maximum absolute atomic E-state index is 11.8. The lowest BCUT2D eigenvalue weighted by Crippen LogP contribution is -2.33. The third-order valence-electron chi connectivity index (χ3n) is 3.13. The third kappa shape index (κ3) is 2.81. The van der Waals surface area contributed by atoms with Crippen LogP contribution in [0.15, 0.2) is 15.8 Å². The van der Waals surface area contributed by atoms with Gasteiger partial charge in [0.1, 0.15) is 18.4 Å². The second kappa shape index (κ2) is 5.59. The van der Waals surface area contributed by atoms with Crippen molar-refractivity contribution in [2.24, 2.45) is 0 Å². The van der Waals surface area contributed by atoms with E-state index in [4.69, 9.17) is 9.47 Å². The predicted molar refractivity (Wildman–Crippen MR) is 67.2 cm³/mol. The van der Waals surface area contributed by atoms with Crippen LogP contribution in [0.25, 0.3) is 0 Å². The van der Waals surface area contributed by atoms with E-state index in [1.807, 2.05) is 0 Å². The molecule has 2 rings (SSSR count). The molecule has 1 aliphatic rings. The first-order chi connectivity index (χ1) is 9.42. The van der Waals surface area contributed by atoms with E-state index in [-0.39, 0.29) is 13.0 Å². The molecule has 2 unspecified atom stereocenters. The van der Waals surface area contributed by atoms with Crippen molar-refractivity contribution in [1.29, 1.82) is 0 Å². The molecule has 0 saturated carbocycles. The largest absolute Gasteiger partial charge is 0.460 e. The van der Waals surface area contributed by atoms with E-state index in [1.165, 1.54) is 17.7 Å². The number of carbonyl (C=O) groups excluding carboxylic acids is 1. The standard InChI is InChI=1S/C12H16N2O6/c1-6-4-14(12(18)13-11(6)17)10-3-8(19-7(2)16)9(5-15)20-10/h4,8-10,15H,3,5H2,1-2H3,(H,13,17,18)/t8-,9?,10?/m1/s1. The van der Waals surface area contributed by atoms with Gasteiger partial charge in [-0.15, -0.1) is 0 Å². The van der Waals surface area contributed by atoms with Crippen LogP contribution >= 0.6 is 0 Å². The quantitative estimate of drug-likeness (QED) is 0.693. The van der Waals surface area contributed by atoms with E-state index in [0.29, 0.717) is 5.56 Å². The average molecular weight is 284 g/mol. The van der Waals surface area contributed by atoms with Gasteiger partial charge in [0.05, 0.1) is 6.61 Å². The van der Waals surface area contributed by atoms with E-state index in [0.717, 1.165) is 0 Å². The number of aliphatic hydroxyl groups excluding tert-OH is 1. The molecule has 0 bridgehead atoms. The van der Waals surface area contributed by atoms with Crippen LogP contribution in [-0.2, 0) is 14.3 Å². The lowest BCUT2D eigenvalue weighted by Gasteiger charge is -2.15. The van der Waals surface area contributed by atoms with Gasteiger partial charge >= 0.3 is 11.7 Å². The fraction of sp³-hybridized carbons (Fsp3) is 0.583. The number of aryl methyl sites for hydroxylation is 1. The van der Waals surface area contributed by atoms with Crippen LogP contribution in [0, 0.1) is 6.92 Å². The Morgan fingerprint density at radius 3 is 2.90 bits per heavy atom. The van der Waals surface area contributed by atoms with Gasteiger partial charge in [-0.25, -0.2) is 4.79 Å². The molecule has 8 heteroatoms. The van der Waals surface area contributed by atoms with Gasteiger partial charge < -0.3 is 14.6 Å². The number of esters is 1. The number of carbonyl (C=O) groups is 1. The van der Waals surface area contributed by atoms with Gasteiger partial charge in [0.25, 0.3) is 5.56 Å². The van der Waals surface area contributed by atoms with Crippen molar-refractivity contribution in [1.82, 2.24) is 9.55 Å². The molecule has 1 aliphatic heterocycles. The molecule has 0 aromatic carbocycles. The summed E-state index contributed by atoms with van der Waals surface area (Å²) in [6.07, 6.45) is -0.392. The van der Waals surface area contributed by atoms with Crippen LogP contribution in [0.3, 0.4) is 0 Å². The number of nitrogens with one attached hydrogen (secondary N) is 1. The van der Waals surface area contributed by atoms with Crippen LogP contribution in [0.5, 0.6) is 0 Å². The molecule has 8 nitrogen and oxygen atoms in total. The predicted octanol–water partition coefficient (Wildman–Crippen LogP) is -0.943. The van der Waals surface area contributed by atoms with Gasteiger partial charge in [-0.1, -0.05) is 0 Å². The highest BCUT2D eigenvalue weighted by Crippen LogP contribution is 2.29. The highest BCUT2D eigenvalue weighted by molar-refractivity contribution is 5.66. The first-order valence-corrected chi connectivity index (χ1v) is 6.18. The summed E-state index contributed by atoms with van der Waals surface area (Å²) in [6, 6.07) is 0. The van der Waals surface area contributed by atoms with Crippen LogP contribution in [0.4, 0.5) is 0 Å². The van der Waals surface area contributed by atoms with Gasteiger partial charge in [0, 0.05) is 25.1 Å². The summed E-state index contributed by atoms with van der Waals surface area (Å²) >= 11 is 0. The van der Waals surface area contributed by atoms with Gasteiger partial charge in [0.2, 0.25) is 0 Å². The molecule has 1 saturated heterocycles. The molecule has 1 fully saturated rings. The second-order valence-electron chi connectivity index (χ2n) is 4.67. The van der Waals surface area contributed by atoms with E-state index in [2.05, 4.69) is 4.98 Å². The first-order valence-electron chi connectivity index (χ1n) is 6.18. The Morgan fingerprint density at radius 2 is 2.30 bits per heavy atom. The van der Waals surface area contributed by atoms with Crippen molar-refractivity contribution in [3.05, 3.63) is 32.6 Å². The minimum atomic E-state index is -0.695. The highest BCUT2D eigenvalue weighted by Gasteiger charge is 2.38. The van der Waals surface area contributed by atoms with Crippen molar-refractivity contribution in [2.45, 2.75) is 38.7 Å². The summed E-state index contributed by atoms with van der Waals surface area (Å²) in [5.74, 6) is -0.484. The summed E-state index contributed by atoms with van der Waals surface area (Å²) in [5.41, 5.74) is -0.699. The van der Waals surface area contributed by atoms with Crippen LogP contribution in [0.1, 0.15) is 25.1 Å². The molecule has 0 amide bonds. The van der Waals surface area contributed by atoms with Crippen molar-refractivity contribution in [3.8, 4) is 0 Å². The molecule has 2 N–H and O–H groups in total. The summed E-state index contributed by atoms with van der Waals surface area (Å²) in [6.45, 7) is 2.50. The summed E-state index contributed by atoms with van der Waals surface area (Å²) in [4.78, 5) is 36.2. The molecule has 2 heterocycles. The van der Waals surface area contributed by atoms with E-state index in [9.17, 15) is 19.5 Å². The number of hydrogen-bond acceptors (Lipinski definition) is 6. The molecule has 110 valence electrons. The zero-order valence-corrected chi connectivity index (χ0v) is 11.2. The summed E-state index contributed by atoms with van der Waals surface area (Å²) < 4.78 is 11.8. The molecule has 1 aromatic heterocycles. The number of aromatic amines is 1. The van der Waals surface area contributed by atoms with E-state index in [1.54, 1.807) is 6.92 Å². The summed E-state index contributed by atoms with van der Waals surface area (Å²) in [5, 5.41) is 9.22. The monoisotopic (exact) mass is 284 g/mol. The van der Waals surface area contributed by atoms with Gasteiger partial charge in [-0.05, 0) is 6.92 Å². The molecule has 20 heavy (non-hydrogen) atoms. The number of nitrogens with zero attached hydrogens (tertiary/aromatic N) is 1. The SMILES string of the molecule is CC(=O)O[C@@H]1CC(n2cc(C)c(=O)[nH]c2=O)OC1CO. The first kappa shape index (κ1) is 14.5. The zero-order chi connectivity index (χ0) is 14.9. The van der Waals surface area contributed by atoms with Gasteiger partial charge in [-0.2, -0.15) is 0 Å². The number of aromatic nitrogens is 2. The minimum Gasteiger partial charge on any atom is -0.460 e. The molecular formula is C12H16N2O6. The Balaban J connectivity index is 2.27. The normalized spacial score (nSPS) is 25.6. The van der Waals surface area contributed by atoms with Crippen molar-refractivity contribution >= 4 is 5.97 Å². The smallest absolute Gasteiger partial charge is 0.330 e. The Hall–Kier alpha value is -1.93. The van der Waals surface area contributed by atoms with Gasteiger partial charge in [0.15, 0.2) is 0 Å². The lowest BCUT2D eigenvalue weighted by molar-refractivity contribution is -0.150. The number of hydrogen-bond donors (Lipinski definition) is 2. The third-order valence-corrected chi connectivity index (χ3v) is 3.13. The Kier molecular flexibility index (Phi) is 4.05. The number of ether oxygens (including phenoxy) is 2. The molecule has 0 aliphatic carbocycles. The van der Waals surface area contributed by atoms with E-state index >= 15 is 0 Å². The fourth-order valence-corrected chi connectivity index (χ4v) is 2.17. The maximum Gasteiger partial charge on any atom is 0.330 e. The van der Waals surface area contributed by atoms with Crippen molar-refractivity contribution in [2.75, 3.05) is 6.61 Å². The van der Waals surface area contributed by atoms with Crippen molar-refractivity contribution < 1.29 is 19.4 Å². The number of rotatable bonds is 3. The average Bonchev–Trinajstić information content (AvgIpc) is 2.75. The molecule has 1 aromatic rings. The molecule has 0 spiro atoms. The zero-order valence-electron chi connectivity index (χ0n) is 11.2. The maximum atomic E-state index is 11.8. The van der Waals surface area contributed by atoms with E-state index < -0.39 is 35.7 Å². The van der Waals surface area contributed by atoms with Gasteiger partial charge in [-0.3, -0.25) is 19.1 Å². The van der Waals surface area contributed by atoms with Crippen molar-refractivity contribution in [3.63, 3.8) is 0 Å². The molecular weight excluding hydrogens is 268 g/mol. The Labute approximate surface area is 114 Å². The Bertz CT molecular complexity index is 619. The van der Waals surface area contributed by atoms with Crippen LogP contribution < -0.4 is 11.2 Å². The summed E-state index contributed by atoms with van der Waals surface area (Å²) in [7, 11) is 0. The number of aliphatic hydroxyl groups is 1. The number of H-pyrrole nitrogens is 1. The van der Waals surface area contributed by atoms with Crippen LogP contribution in [0.2, 0.25) is 0 Å². The fourth-order valence-electron chi connectivity index (χ4n) is 2.17. The lowest BCUT2D eigenvalue weighted by atomic mass is 10.2. The molecule has 0 radical (unpaired) electrons. The van der Waals surface area contributed by atoms with Crippen LogP contribution in [-0.4, -0.2) is 39.4 Å².